The van der Waals surface area contributed by atoms with Crippen LogP contribution in [0.5, 0.6) is 5.75 Å². The van der Waals surface area contributed by atoms with Gasteiger partial charge in [-0.1, -0.05) is 260 Å². The lowest BCUT2D eigenvalue weighted by atomic mass is 9.80. The molecule has 1 N–H and O–H groups in total. The molecule has 0 bridgehead atoms. The molecule has 16 rings (SSSR count). The minimum Gasteiger partial charge on any atom is -0.537 e. The highest BCUT2D eigenvalue weighted by Gasteiger charge is 2.40. The highest BCUT2D eigenvalue weighted by Crippen LogP contribution is 2.56. The Kier molecular flexibility index (Phi) is 16.2. The predicted octanol–water partition coefficient (Wildman–Crippen LogP) is 19.0. The maximum Gasteiger partial charge on any atom is 0.569 e. The summed E-state index contributed by atoms with van der Waals surface area (Å²) in [4.78, 5) is 36.7. The molecule has 91 heavy (non-hydrogen) atoms. The quantitative estimate of drug-likeness (QED) is 0.139. The zero-order chi connectivity index (χ0) is 61.3. The molecule has 0 fully saturated rings. The molecule has 0 saturated heterocycles. The molecule has 14 aromatic rings. The molecule has 4 aromatic heterocycles. The fourth-order valence-electron chi connectivity index (χ4n) is 12.8. The minimum atomic E-state index is -0.165. The fraction of sp³-hybridized carbons (Fsp3) is 0.0886. The maximum absolute atomic E-state index is 9.05. The summed E-state index contributed by atoms with van der Waals surface area (Å²) in [5.74, 6) is 3.79. The van der Waals surface area contributed by atoms with Gasteiger partial charge < -0.3 is 9.68 Å². The van der Waals surface area contributed by atoms with E-state index >= 15 is 0 Å². The second-order valence-corrected chi connectivity index (χ2v) is 23.6. The van der Waals surface area contributed by atoms with Crippen molar-refractivity contribution in [2.45, 2.75) is 46.0 Å². The molecule has 1 radical (unpaired) electrons. The third-order valence-corrected chi connectivity index (χ3v) is 17.3. The Labute approximate surface area is 535 Å². The van der Waals surface area contributed by atoms with Gasteiger partial charge in [0.25, 0.3) is 0 Å². The highest BCUT2D eigenvalue weighted by molar-refractivity contribution is 6.28. The Balaban J connectivity index is 0.000000135. The Morgan fingerprint density at radius 1 is 0.352 bits per heavy atom. The Bertz CT molecular complexity index is 4960. The van der Waals surface area contributed by atoms with Crippen molar-refractivity contribution >= 4 is 40.8 Å². The molecule has 2 aliphatic rings. The fourth-order valence-corrected chi connectivity index (χ4v) is 13.0. The van der Waals surface area contributed by atoms with Crippen LogP contribution in [0.1, 0.15) is 57.4 Å². The van der Waals surface area contributed by atoms with Crippen LogP contribution < -0.4 is 4.65 Å². The van der Waals surface area contributed by atoms with Crippen LogP contribution in [0.2, 0.25) is 5.28 Å². The van der Waals surface area contributed by atoms with E-state index in [-0.39, 0.29) is 23.5 Å². The van der Waals surface area contributed by atoms with E-state index in [9.17, 15) is 0 Å². The maximum atomic E-state index is 9.05. The lowest BCUT2D eigenvalue weighted by molar-refractivity contribution is 0.454. The van der Waals surface area contributed by atoms with Crippen LogP contribution in [0, 0.1) is 0 Å². The van der Waals surface area contributed by atoms with Gasteiger partial charge >= 0.3 is 7.69 Å². The zero-order valence-corrected chi connectivity index (χ0v) is 50.5. The summed E-state index contributed by atoms with van der Waals surface area (Å²) in [5.41, 5.74) is 18.7. The van der Waals surface area contributed by atoms with Gasteiger partial charge in [0.1, 0.15) is 5.75 Å². The number of pyridine rings is 2. The standard InChI is InChI=1S/C39H28N4.C20H13ClN4.C19H16BO2.CH4/c1-39(2)33-16-8-15-32(34(33)31-22-21-26-10-6-7-14-30(26)35(31)39)38-42-36(27-11-4-3-5-12-27)41-37(43-38)28-19-17-25(18-20-28)29-13-9-23-40-24-29;21-20-24-18(15-5-2-1-3-6-15)23-19(25-20)16-10-8-14(9-11-16)17-7-4-12-22-13-17;1-19(2)15-8-5-9-16(22-20-21)17(15)14-11-10-12-6-3-4-7-13(12)18(14)19;/h3-24H,1-2H3;1-13H;3-11,21H,1-2H3;1H4. The van der Waals surface area contributed by atoms with Gasteiger partial charge in [0.2, 0.25) is 5.28 Å². The number of hydrogen-bond acceptors (Lipinski definition) is 10. The van der Waals surface area contributed by atoms with Crippen molar-refractivity contribution in [3.8, 4) is 107 Å². The number of hydrogen-bond donors (Lipinski definition) is 1. The lowest BCUT2D eigenvalue weighted by Crippen LogP contribution is -2.15. The van der Waals surface area contributed by atoms with Crippen LogP contribution in [0.4, 0.5) is 0 Å². The van der Waals surface area contributed by atoms with E-state index in [0.717, 1.165) is 63.3 Å². The Hall–Kier alpha value is -10.8. The summed E-state index contributed by atoms with van der Waals surface area (Å²) in [6.07, 6.45) is 7.26. The van der Waals surface area contributed by atoms with Crippen molar-refractivity contribution in [1.29, 1.82) is 0 Å². The highest BCUT2D eigenvalue weighted by atomic mass is 35.5. The molecular formula is C79H61BClN8O2. The number of halogens is 1. The van der Waals surface area contributed by atoms with E-state index in [1.165, 1.54) is 60.5 Å². The lowest BCUT2D eigenvalue weighted by Gasteiger charge is -2.23. The van der Waals surface area contributed by atoms with E-state index in [1.807, 2.05) is 128 Å². The number of rotatable bonds is 9. The van der Waals surface area contributed by atoms with Crippen LogP contribution in [-0.4, -0.2) is 52.6 Å². The van der Waals surface area contributed by atoms with Gasteiger partial charge in [-0.25, -0.2) is 19.9 Å². The van der Waals surface area contributed by atoms with Crippen molar-refractivity contribution in [3.63, 3.8) is 0 Å². The molecule has 0 spiro atoms. The van der Waals surface area contributed by atoms with Crippen molar-refractivity contribution in [2.24, 2.45) is 0 Å². The molecule has 4 heterocycles. The normalized spacial score (nSPS) is 12.6. The summed E-state index contributed by atoms with van der Waals surface area (Å²) in [6.45, 7) is 9.14. The smallest absolute Gasteiger partial charge is 0.537 e. The van der Waals surface area contributed by atoms with Crippen molar-refractivity contribution in [2.75, 3.05) is 0 Å². The molecule has 0 amide bonds. The zero-order valence-electron chi connectivity index (χ0n) is 49.8. The van der Waals surface area contributed by atoms with Crippen LogP contribution in [0.15, 0.2) is 267 Å². The molecule has 10 aromatic carbocycles. The Morgan fingerprint density at radius 2 is 0.747 bits per heavy atom. The van der Waals surface area contributed by atoms with Crippen molar-refractivity contribution in [3.05, 3.63) is 295 Å². The van der Waals surface area contributed by atoms with E-state index in [0.29, 0.717) is 34.9 Å². The van der Waals surface area contributed by atoms with Gasteiger partial charge in [-0.2, -0.15) is 9.97 Å². The molecule has 0 saturated carbocycles. The Morgan fingerprint density at radius 3 is 1.22 bits per heavy atom. The minimum absolute atomic E-state index is 0. The number of benzene rings is 10. The first-order chi connectivity index (χ1) is 44.0. The van der Waals surface area contributed by atoms with Crippen molar-refractivity contribution in [1.82, 2.24) is 39.9 Å². The van der Waals surface area contributed by atoms with Crippen LogP contribution in [-0.2, 0) is 10.8 Å². The third kappa shape index (κ3) is 11.3. The van der Waals surface area contributed by atoms with Gasteiger partial charge in [0.15, 0.2) is 29.1 Å². The van der Waals surface area contributed by atoms with Crippen LogP contribution in [0.25, 0.3) is 123 Å². The average molecular weight is 1200 g/mol. The second kappa shape index (κ2) is 25.0. The van der Waals surface area contributed by atoms with Crippen LogP contribution >= 0.6 is 11.6 Å². The SMILES string of the molecule is C.CC1(C)c2cccc(-c3nc(-c4ccccc4)nc(-c4ccc(-c5cccnc5)cc4)n3)c2-c2ccc3ccccc3c21.CC1(C)c2cccc(O[B]O)c2-c2ccc3ccccc3c21.Clc1nc(-c2ccccc2)nc(-c2ccc(-c3cccnc3)cc2)n1. The number of aromatic nitrogens is 8. The molecule has 439 valence electrons. The predicted molar refractivity (Wildman–Crippen MR) is 370 cm³/mol. The third-order valence-electron chi connectivity index (χ3n) is 17.1. The van der Waals surface area contributed by atoms with Crippen molar-refractivity contribution < 1.29 is 9.68 Å². The summed E-state index contributed by atoms with van der Waals surface area (Å²) >= 11 is 6.11. The first-order valence-corrected chi connectivity index (χ1v) is 30.1. The van der Waals surface area contributed by atoms with Gasteiger partial charge in [0, 0.05) is 69.0 Å². The van der Waals surface area contributed by atoms with Crippen LogP contribution in [0.3, 0.4) is 0 Å². The number of nitrogens with zero attached hydrogens (tertiary/aromatic N) is 8. The summed E-state index contributed by atoms with van der Waals surface area (Å²) in [5, 5.41) is 14.3. The molecule has 0 aliphatic heterocycles. The second-order valence-electron chi connectivity index (χ2n) is 23.2. The summed E-state index contributed by atoms with van der Waals surface area (Å²) in [6, 6.07) is 82.7. The largest absolute Gasteiger partial charge is 0.569 e. The first kappa shape index (κ1) is 59.1. The van der Waals surface area contributed by atoms with Gasteiger partial charge in [-0.3, -0.25) is 9.97 Å². The molecule has 10 nitrogen and oxygen atoms in total. The first-order valence-electron chi connectivity index (χ1n) is 29.8. The summed E-state index contributed by atoms with van der Waals surface area (Å²) < 4.78 is 5.34. The number of fused-ring (bicyclic) bond motifs is 10. The molecule has 0 unspecified atom stereocenters. The van der Waals surface area contributed by atoms with E-state index < -0.39 is 0 Å². The van der Waals surface area contributed by atoms with Gasteiger partial charge in [0.05, 0.1) is 0 Å². The monoisotopic (exact) mass is 1200 g/mol. The van der Waals surface area contributed by atoms with E-state index in [1.54, 1.807) is 12.4 Å². The van der Waals surface area contributed by atoms with E-state index in [2.05, 4.69) is 180 Å². The average Bonchev–Trinajstić information content (AvgIpc) is 1.57. The topological polar surface area (TPSA) is 133 Å². The molecule has 2 aliphatic carbocycles. The molecule has 0 atom stereocenters. The van der Waals surface area contributed by atoms with Gasteiger partial charge in [-0.15, -0.1) is 0 Å². The van der Waals surface area contributed by atoms with E-state index in [4.69, 9.17) is 36.2 Å². The molecule has 12 heteroatoms. The molecular weight excluding hydrogens is 1140 g/mol. The summed E-state index contributed by atoms with van der Waals surface area (Å²) in [7, 11) is 0.752. The van der Waals surface area contributed by atoms with Gasteiger partial charge in [-0.05, 0) is 113 Å².